The van der Waals surface area contributed by atoms with Gasteiger partial charge in [-0.15, -0.1) is 5.10 Å². The Hall–Kier alpha value is -1.80. The zero-order valence-electron chi connectivity index (χ0n) is 15.6. The summed E-state index contributed by atoms with van der Waals surface area (Å²) in [6.07, 6.45) is 1.76. The first kappa shape index (κ1) is 19.5. The molecule has 0 unspecified atom stereocenters. The summed E-state index contributed by atoms with van der Waals surface area (Å²) in [5.41, 5.74) is 1.80. The molecule has 9 heteroatoms. The van der Waals surface area contributed by atoms with Gasteiger partial charge in [0.1, 0.15) is 5.75 Å². The molecule has 1 saturated heterocycles. The molecule has 148 valence electrons. The minimum atomic E-state index is 0.504. The molecule has 6 nitrogen and oxygen atoms in total. The molecule has 1 aromatic carbocycles. The van der Waals surface area contributed by atoms with Gasteiger partial charge in [0.2, 0.25) is 4.77 Å². The highest BCUT2D eigenvalue weighted by atomic mass is 35.5. The van der Waals surface area contributed by atoms with Gasteiger partial charge < -0.3 is 14.5 Å². The van der Waals surface area contributed by atoms with E-state index < -0.39 is 0 Å². The summed E-state index contributed by atoms with van der Waals surface area (Å²) >= 11 is 17.9. The van der Waals surface area contributed by atoms with E-state index in [0.717, 1.165) is 37.6 Å². The van der Waals surface area contributed by atoms with E-state index in [4.69, 9.17) is 40.2 Å². The second-order valence-corrected chi connectivity index (χ2v) is 7.99. The van der Waals surface area contributed by atoms with E-state index in [1.54, 1.807) is 16.7 Å². The average molecular weight is 439 g/mol. The highest BCUT2D eigenvalue weighted by Crippen LogP contribution is 2.27. The Morgan fingerprint density at radius 3 is 2.71 bits per heavy atom. The molecule has 0 saturated carbocycles. The average Bonchev–Trinajstić information content (AvgIpc) is 3.00. The molecule has 0 bridgehead atoms. The largest absolute Gasteiger partial charge is 0.492 e. The number of ether oxygens (including phenoxy) is 1. The lowest BCUT2D eigenvalue weighted by atomic mass is 10.2. The molecule has 0 radical (unpaired) electrons. The van der Waals surface area contributed by atoms with Crippen LogP contribution < -0.4 is 14.5 Å². The maximum atomic E-state index is 6.27. The van der Waals surface area contributed by atoms with Gasteiger partial charge in [-0.2, -0.15) is 4.68 Å². The van der Waals surface area contributed by atoms with Crippen molar-refractivity contribution >= 4 is 46.8 Å². The van der Waals surface area contributed by atoms with Crippen LogP contribution in [0.15, 0.2) is 36.5 Å². The quantitative estimate of drug-likeness (QED) is 0.621. The van der Waals surface area contributed by atoms with Gasteiger partial charge in [0, 0.05) is 6.20 Å². The maximum absolute atomic E-state index is 6.27. The van der Waals surface area contributed by atoms with Crippen molar-refractivity contribution in [3.63, 3.8) is 0 Å². The Morgan fingerprint density at radius 2 is 1.96 bits per heavy atom. The number of quaternary nitrogens is 1. The number of nitrogens with zero attached hydrogens (tertiary/aromatic N) is 4. The van der Waals surface area contributed by atoms with Crippen molar-refractivity contribution in [1.82, 2.24) is 14.2 Å². The summed E-state index contributed by atoms with van der Waals surface area (Å²) < 4.78 is 10.00. The second-order valence-electron chi connectivity index (χ2n) is 6.78. The van der Waals surface area contributed by atoms with Crippen LogP contribution in [0, 0.1) is 4.77 Å². The van der Waals surface area contributed by atoms with Crippen LogP contribution in [-0.2, 0) is 6.67 Å². The Morgan fingerprint density at radius 1 is 1.21 bits per heavy atom. The van der Waals surface area contributed by atoms with Gasteiger partial charge in [-0.1, -0.05) is 35.3 Å². The highest BCUT2D eigenvalue weighted by molar-refractivity contribution is 7.71. The fourth-order valence-electron chi connectivity index (χ4n) is 3.58. The number of aromatic nitrogens is 3. The Labute approximate surface area is 178 Å². The van der Waals surface area contributed by atoms with Gasteiger partial charge in [0.05, 0.1) is 48.5 Å². The van der Waals surface area contributed by atoms with Crippen molar-refractivity contribution in [2.24, 2.45) is 0 Å². The van der Waals surface area contributed by atoms with Gasteiger partial charge in [0.15, 0.2) is 12.3 Å². The minimum absolute atomic E-state index is 0.504. The van der Waals surface area contributed by atoms with Gasteiger partial charge in [0.25, 0.3) is 0 Å². The number of pyridine rings is 1. The van der Waals surface area contributed by atoms with E-state index in [-0.39, 0.29) is 0 Å². The fraction of sp³-hybridized carbons (Fsp3) is 0.368. The Bertz CT molecular complexity index is 1040. The molecule has 0 amide bonds. The standard InChI is InChI=1S/C19H21Cl2N5OS/c1-2-27-17-6-4-3-5-16(17)24-9-7-23(8-10-24)13-26-19(28)25-12-14(20)11-15(21)18(25)22-26/h3-6,11-12H,2,7-10,13H2,1H3/p+1. The molecular weight excluding hydrogens is 417 g/mol. The zero-order valence-corrected chi connectivity index (χ0v) is 17.9. The van der Waals surface area contributed by atoms with Gasteiger partial charge >= 0.3 is 0 Å². The van der Waals surface area contributed by atoms with Crippen molar-refractivity contribution in [1.29, 1.82) is 0 Å². The summed E-state index contributed by atoms with van der Waals surface area (Å²) in [6, 6.07) is 9.91. The van der Waals surface area contributed by atoms with Crippen molar-refractivity contribution in [3.8, 4) is 5.75 Å². The number of para-hydroxylation sites is 2. The van der Waals surface area contributed by atoms with E-state index >= 15 is 0 Å². The maximum Gasteiger partial charge on any atom is 0.207 e. The second kappa shape index (κ2) is 8.29. The monoisotopic (exact) mass is 438 g/mol. The summed E-state index contributed by atoms with van der Waals surface area (Å²) in [5.74, 6) is 0.947. The molecule has 1 aliphatic rings. The number of hydrogen-bond acceptors (Lipinski definition) is 4. The normalized spacial score (nSPS) is 15.3. The minimum Gasteiger partial charge on any atom is -0.492 e. The van der Waals surface area contributed by atoms with Crippen LogP contribution >= 0.6 is 35.4 Å². The summed E-state index contributed by atoms with van der Waals surface area (Å²) in [6.45, 7) is 7.27. The third-order valence-corrected chi connectivity index (χ3v) is 5.84. The number of nitrogens with one attached hydrogen (secondary N) is 1. The number of benzene rings is 1. The molecule has 1 fully saturated rings. The van der Waals surface area contributed by atoms with Crippen molar-refractivity contribution in [3.05, 3.63) is 51.3 Å². The summed E-state index contributed by atoms with van der Waals surface area (Å²) in [7, 11) is 0. The van der Waals surface area contributed by atoms with Crippen LogP contribution in [0.3, 0.4) is 0 Å². The lowest BCUT2D eigenvalue weighted by Crippen LogP contribution is -3.14. The fourth-order valence-corrected chi connectivity index (χ4v) is 4.33. The van der Waals surface area contributed by atoms with E-state index in [2.05, 4.69) is 22.1 Å². The number of halogens is 2. The number of anilines is 1. The zero-order chi connectivity index (χ0) is 19.7. The van der Waals surface area contributed by atoms with E-state index in [1.165, 1.54) is 4.90 Å². The molecular formula is C19H22Cl2N5OS+. The molecule has 0 aliphatic carbocycles. The van der Waals surface area contributed by atoms with E-state index in [9.17, 15) is 0 Å². The molecule has 28 heavy (non-hydrogen) atoms. The predicted molar refractivity (Wildman–Crippen MR) is 115 cm³/mol. The van der Waals surface area contributed by atoms with E-state index in [1.807, 2.05) is 23.7 Å². The van der Waals surface area contributed by atoms with E-state index in [0.29, 0.717) is 33.7 Å². The Balaban J connectivity index is 1.47. The summed E-state index contributed by atoms with van der Waals surface area (Å²) in [4.78, 5) is 3.81. The molecule has 3 heterocycles. The van der Waals surface area contributed by atoms with Gasteiger partial charge in [-0.05, 0) is 37.3 Å². The molecule has 4 rings (SSSR count). The third kappa shape index (κ3) is 3.85. The van der Waals surface area contributed by atoms with Gasteiger partial charge in [-0.25, -0.2) is 0 Å². The SMILES string of the molecule is CCOc1ccccc1N1CC[NH+](Cn2nc3c(Cl)cc(Cl)cn3c2=S)CC1. The van der Waals surface area contributed by atoms with Crippen LogP contribution in [0.2, 0.25) is 10.0 Å². The number of fused-ring (bicyclic) bond motifs is 1. The molecule has 0 atom stereocenters. The van der Waals surface area contributed by atoms with Crippen LogP contribution in [0.1, 0.15) is 6.92 Å². The molecule has 2 aromatic heterocycles. The lowest BCUT2D eigenvalue weighted by molar-refractivity contribution is -0.924. The smallest absolute Gasteiger partial charge is 0.207 e. The first-order chi connectivity index (χ1) is 13.6. The third-order valence-electron chi connectivity index (χ3n) is 4.95. The van der Waals surface area contributed by atoms with Crippen molar-refractivity contribution in [2.75, 3.05) is 37.7 Å². The van der Waals surface area contributed by atoms with Crippen molar-refractivity contribution in [2.45, 2.75) is 13.6 Å². The highest BCUT2D eigenvalue weighted by Gasteiger charge is 2.23. The van der Waals surface area contributed by atoms with Crippen LogP contribution in [0.5, 0.6) is 5.75 Å². The predicted octanol–water partition coefficient (Wildman–Crippen LogP) is 2.93. The van der Waals surface area contributed by atoms with Crippen LogP contribution in [0.4, 0.5) is 5.69 Å². The van der Waals surface area contributed by atoms with Gasteiger partial charge in [-0.3, -0.25) is 4.40 Å². The molecule has 1 aliphatic heterocycles. The number of piperazine rings is 1. The molecule has 0 spiro atoms. The molecule has 3 aromatic rings. The van der Waals surface area contributed by atoms with Crippen molar-refractivity contribution < 1.29 is 9.64 Å². The first-order valence-corrected chi connectivity index (χ1v) is 10.5. The molecule has 1 N–H and O–H groups in total. The van der Waals surface area contributed by atoms with Crippen LogP contribution in [-0.4, -0.2) is 47.0 Å². The summed E-state index contributed by atoms with van der Waals surface area (Å²) in [5, 5.41) is 5.64. The Kier molecular flexibility index (Phi) is 5.78. The lowest BCUT2D eigenvalue weighted by Gasteiger charge is -2.34. The number of hydrogen-bond donors (Lipinski definition) is 1. The van der Waals surface area contributed by atoms with Crippen LogP contribution in [0.25, 0.3) is 5.65 Å². The topological polar surface area (TPSA) is 39.1 Å². The first-order valence-electron chi connectivity index (χ1n) is 9.31. The number of rotatable bonds is 5.